The lowest BCUT2D eigenvalue weighted by molar-refractivity contribution is 0.00446. The van der Waals surface area contributed by atoms with Crippen LogP contribution in [-0.2, 0) is 0 Å². The fourth-order valence-electron chi connectivity index (χ4n) is 3.62. The molecule has 10 heteroatoms. The molecule has 148 valence electrons. The molecule has 4 rings (SSSR count). The number of nitrogens with one attached hydrogen (secondary N) is 1. The van der Waals surface area contributed by atoms with Crippen LogP contribution in [0.15, 0.2) is 22.9 Å². The number of pyridine rings is 1. The molecule has 4 atom stereocenters. The third-order valence-electron chi connectivity index (χ3n) is 5.13. The highest BCUT2D eigenvalue weighted by molar-refractivity contribution is 6.32. The van der Waals surface area contributed by atoms with E-state index in [4.69, 9.17) is 21.8 Å². The molecular formula is C18H20ClN5O4. The van der Waals surface area contributed by atoms with Gasteiger partial charge in [-0.1, -0.05) is 11.6 Å². The van der Waals surface area contributed by atoms with Crippen molar-refractivity contribution in [3.05, 3.63) is 29.2 Å². The van der Waals surface area contributed by atoms with Gasteiger partial charge >= 0.3 is 0 Å². The second-order valence-electron chi connectivity index (χ2n) is 6.99. The van der Waals surface area contributed by atoms with Gasteiger partial charge in [0, 0.05) is 24.1 Å². The Labute approximate surface area is 165 Å². The summed E-state index contributed by atoms with van der Waals surface area (Å²) in [4.78, 5) is 12.3. The maximum atomic E-state index is 10.3. The van der Waals surface area contributed by atoms with Crippen molar-refractivity contribution >= 4 is 34.3 Å². The fraction of sp³-hybridized carbons (Fsp3) is 0.389. The zero-order valence-electron chi connectivity index (χ0n) is 15.0. The molecule has 28 heavy (non-hydrogen) atoms. The number of rotatable bonds is 4. The number of hydrogen-bond acceptors (Lipinski definition) is 9. The van der Waals surface area contributed by atoms with Crippen LogP contribution in [-0.4, -0.2) is 55.1 Å². The largest absolute Gasteiger partial charge is 0.454 e. The Morgan fingerprint density at radius 1 is 1.29 bits per heavy atom. The highest BCUT2D eigenvalue weighted by Gasteiger charge is 2.41. The van der Waals surface area contributed by atoms with Crippen molar-refractivity contribution in [2.75, 3.05) is 17.7 Å². The maximum absolute atomic E-state index is 10.3. The summed E-state index contributed by atoms with van der Waals surface area (Å²) < 4.78 is 5.89. The summed E-state index contributed by atoms with van der Waals surface area (Å²) in [5.74, 6) is 0.213. The van der Waals surface area contributed by atoms with Crippen molar-refractivity contribution in [2.24, 2.45) is 5.92 Å². The number of nitrogens with two attached hydrogens (primary N) is 1. The number of hydrogen-bond donors (Lipinski definition) is 5. The monoisotopic (exact) mass is 405 g/mol. The molecule has 3 heterocycles. The van der Waals surface area contributed by atoms with Gasteiger partial charge in [0.15, 0.2) is 5.58 Å². The van der Waals surface area contributed by atoms with Crippen LogP contribution in [0.5, 0.6) is 0 Å². The number of aliphatic hydroxyl groups is 3. The van der Waals surface area contributed by atoms with E-state index in [0.717, 1.165) is 10.9 Å². The Balaban J connectivity index is 1.77. The van der Waals surface area contributed by atoms with E-state index in [-0.39, 0.29) is 23.5 Å². The first kappa shape index (κ1) is 18.9. The molecule has 0 spiro atoms. The minimum Gasteiger partial charge on any atom is -0.454 e. The standard InChI is InChI=1S/C18H20ClN5O4/c1-7-4-21-5-12-9(7)3-11(28-12)13-16(19)23-18(20)24-17(13)22-10-2-8(6-25)14(26)15(10)27/h3-5,8,10,14-15,25-27H,2,6H2,1H3,(H3,20,22,23,24)/t8-,10-,14-,15+/m1/s1. The Morgan fingerprint density at radius 2 is 2.07 bits per heavy atom. The molecule has 1 aliphatic carbocycles. The summed E-state index contributed by atoms with van der Waals surface area (Å²) in [6.45, 7) is 1.69. The summed E-state index contributed by atoms with van der Waals surface area (Å²) in [5, 5.41) is 33.8. The normalized spacial score (nSPS) is 24.8. The summed E-state index contributed by atoms with van der Waals surface area (Å²) in [6, 6.07) is 1.26. The van der Waals surface area contributed by atoms with Crippen LogP contribution in [0, 0.1) is 12.8 Å². The molecule has 1 aliphatic rings. The van der Waals surface area contributed by atoms with Crippen molar-refractivity contribution in [3.8, 4) is 11.3 Å². The predicted molar refractivity (Wildman–Crippen MR) is 104 cm³/mol. The number of nitrogens with zero attached hydrogens (tertiary/aromatic N) is 3. The fourth-order valence-corrected chi connectivity index (χ4v) is 3.88. The van der Waals surface area contributed by atoms with Crippen LogP contribution in [0.2, 0.25) is 5.15 Å². The van der Waals surface area contributed by atoms with E-state index in [1.165, 1.54) is 0 Å². The van der Waals surface area contributed by atoms with Crippen molar-refractivity contribution in [3.63, 3.8) is 0 Å². The first-order chi connectivity index (χ1) is 13.4. The number of aryl methyl sites for hydroxylation is 1. The van der Waals surface area contributed by atoms with Crippen molar-refractivity contribution in [1.29, 1.82) is 0 Å². The molecule has 0 aromatic carbocycles. The Kier molecular flexibility index (Phi) is 4.84. The summed E-state index contributed by atoms with van der Waals surface area (Å²) in [5.41, 5.74) is 7.67. The minimum atomic E-state index is -1.08. The van der Waals surface area contributed by atoms with Crippen LogP contribution in [0.3, 0.4) is 0 Å². The molecule has 3 aromatic rings. The Bertz CT molecular complexity index is 1030. The quantitative estimate of drug-likeness (QED) is 0.405. The van der Waals surface area contributed by atoms with Gasteiger partial charge in [0.2, 0.25) is 5.95 Å². The van der Waals surface area contributed by atoms with Crippen molar-refractivity contribution in [1.82, 2.24) is 15.0 Å². The average Bonchev–Trinajstić information content (AvgIpc) is 3.18. The van der Waals surface area contributed by atoms with E-state index in [2.05, 4.69) is 20.3 Å². The molecule has 1 fully saturated rings. The number of anilines is 2. The molecule has 1 saturated carbocycles. The van der Waals surface area contributed by atoms with Crippen LogP contribution >= 0.6 is 11.6 Å². The van der Waals surface area contributed by atoms with Gasteiger partial charge in [0.1, 0.15) is 22.8 Å². The summed E-state index contributed by atoms with van der Waals surface area (Å²) in [7, 11) is 0. The number of halogens is 1. The lowest BCUT2D eigenvalue weighted by Crippen LogP contribution is -2.35. The average molecular weight is 406 g/mol. The molecule has 0 amide bonds. The number of fused-ring (bicyclic) bond motifs is 1. The number of nitrogen functional groups attached to an aromatic ring is 1. The number of aromatic nitrogens is 3. The lowest BCUT2D eigenvalue weighted by Gasteiger charge is -2.20. The number of furan rings is 1. The van der Waals surface area contributed by atoms with Crippen LogP contribution in [0.1, 0.15) is 12.0 Å². The zero-order chi connectivity index (χ0) is 20.0. The first-order valence-electron chi connectivity index (χ1n) is 8.80. The van der Waals surface area contributed by atoms with Gasteiger partial charge in [-0.15, -0.1) is 0 Å². The van der Waals surface area contributed by atoms with Gasteiger partial charge in [-0.2, -0.15) is 4.98 Å². The molecule has 9 nitrogen and oxygen atoms in total. The number of aliphatic hydroxyl groups excluding tert-OH is 3. The maximum Gasteiger partial charge on any atom is 0.223 e. The van der Waals surface area contributed by atoms with Crippen molar-refractivity contribution in [2.45, 2.75) is 31.6 Å². The molecule has 0 saturated heterocycles. The van der Waals surface area contributed by atoms with Crippen LogP contribution in [0.25, 0.3) is 22.3 Å². The lowest BCUT2D eigenvalue weighted by atomic mass is 10.1. The molecule has 0 bridgehead atoms. The Hall–Kier alpha value is -2.46. The van der Waals surface area contributed by atoms with E-state index in [1.807, 2.05) is 13.0 Å². The van der Waals surface area contributed by atoms with Gasteiger partial charge in [-0.25, -0.2) is 4.98 Å². The van der Waals surface area contributed by atoms with Crippen molar-refractivity contribution < 1.29 is 19.7 Å². The van der Waals surface area contributed by atoms with E-state index < -0.39 is 24.2 Å². The molecule has 0 radical (unpaired) electrons. The SMILES string of the molecule is Cc1cncc2oc(-c3c(Cl)nc(N)nc3N[C@@H]3C[C@H](CO)[C@@H](O)[C@H]3O)cc12. The molecule has 3 aromatic heterocycles. The van der Waals surface area contributed by atoms with E-state index in [1.54, 1.807) is 12.4 Å². The van der Waals surface area contributed by atoms with Gasteiger partial charge in [0.25, 0.3) is 0 Å². The Morgan fingerprint density at radius 3 is 2.75 bits per heavy atom. The highest BCUT2D eigenvalue weighted by atomic mass is 35.5. The van der Waals surface area contributed by atoms with Crippen LogP contribution < -0.4 is 11.1 Å². The summed E-state index contributed by atoms with van der Waals surface area (Å²) >= 11 is 6.34. The molecule has 6 N–H and O–H groups in total. The smallest absolute Gasteiger partial charge is 0.223 e. The topological polar surface area (TPSA) is 151 Å². The van der Waals surface area contributed by atoms with E-state index >= 15 is 0 Å². The van der Waals surface area contributed by atoms with E-state index in [0.29, 0.717) is 23.3 Å². The third-order valence-corrected chi connectivity index (χ3v) is 5.41. The molecular weight excluding hydrogens is 386 g/mol. The summed E-state index contributed by atoms with van der Waals surface area (Å²) in [6.07, 6.45) is 1.56. The zero-order valence-corrected chi connectivity index (χ0v) is 15.8. The van der Waals surface area contributed by atoms with Gasteiger partial charge in [-0.3, -0.25) is 4.98 Å². The molecule has 0 aliphatic heterocycles. The van der Waals surface area contributed by atoms with Gasteiger partial charge in [0.05, 0.1) is 23.9 Å². The first-order valence-corrected chi connectivity index (χ1v) is 9.18. The van der Waals surface area contributed by atoms with Gasteiger partial charge < -0.3 is 30.8 Å². The van der Waals surface area contributed by atoms with E-state index in [9.17, 15) is 15.3 Å². The predicted octanol–water partition coefficient (Wildman–Crippen LogP) is 1.34. The van der Waals surface area contributed by atoms with Crippen LogP contribution in [0.4, 0.5) is 11.8 Å². The molecule has 0 unspecified atom stereocenters. The second-order valence-corrected chi connectivity index (χ2v) is 7.34. The van der Waals surface area contributed by atoms with Gasteiger partial charge in [-0.05, 0) is 25.0 Å². The minimum absolute atomic E-state index is 0.0445. The highest BCUT2D eigenvalue weighted by Crippen LogP contribution is 2.39. The second kappa shape index (κ2) is 7.17. The third kappa shape index (κ3) is 3.16.